The lowest BCUT2D eigenvalue weighted by molar-refractivity contribution is 0.243. The quantitative estimate of drug-likeness (QED) is 0.835. The summed E-state index contributed by atoms with van der Waals surface area (Å²) in [4.78, 5) is 0. The SMILES string of the molecule is CC(C)(C)CCOc1c(N)cc(Cl)cc1Br. The Bertz CT molecular complexity index is 351. The van der Waals surface area contributed by atoms with Crippen molar-refractivity contribution in [2.24, 2.45) is 5.41 Å². The summed E-state index contributed by atoms with van der Waals surface area (Å²) >= 11 is 9.25. The molecule has 1 aromatic carbocycles. The fourth-order valence-electron chi connectivity index (χ4n) is 1.19. The zero-order valence-corrected chi connectivity index (χ0v) is 12.2. The van der Waals surface area contributed by atoms with E-state index in [-0.39, 0.29) is 5.41 Å². The molecule has 0 spiro atoms. The molecular weight excluding hydrogens is 289 g/mol. The highest BCUT2D eigenvalue weighted by Crippen LogP contribution is 2.35. The average Bonchev–Trinajstić information content (AvgIpc) is 2.07. The van der Waals surface area contributed by atoms with Gasteiger partial charge in [0.05, 0.1) is 16.8 Å². The molecule has 16 heavy (non-hydrogen) atoms. The predicted molar refractivity (Wildman–Crippen MR) is 73.1 cm³/mol. The highest BCUT2D eigenvalue weighted by atomic mass is 79.9. The molecule has 90 valence electrons. The lowest BCUT2D eigenvalue weighted by atomic mass is 9.93. The molecule has 0 saturated carbocycles. The number of ether oxygens (including phenoxy) is 1. The fraction of sp³-hybridized carbons (Fsp3) is 0.500. The highest BCUT2D eigenvalue weighted by molar-refractivity contribution is 9.10. The van der Waals surface area contributed by atoms with Crippen LogP contribution in [0.15, 0.2) is 16.6 Å². The molecule has 1 aromatic rings. The van der Waals surface area contributed by atoms with Gasteiger partial charge in [-0.1, -0.05) is 32.4 Å². The number of rotatable bonds is 3. The van der Waals surface area contributed by atoms with Crippen molar-refractivity contribution in [2.45, 2.75) is 27.2 Å². The highest BCUT2D eigenvalue weighted by Gasteiger charge is 2.12. The van der Waals surface area contributed by atoms with E-state index in [2.05, 4.69) is 36.7 Å². The van der Waals surface area contributed by atoms with Gasteiger partial charge in [0.1, 0.15) is 0 Å². The van der Waals surface area contributed by atoms with Gasteiger partial charge >= 0.3 is 0 Å². The van der Waals surface area contributed by atoms with Crippen molar-refractivity contribution in [1.82, 2.24) is 0 Å². The Morgan fingerprint density at radius 2 is 2.00 bits per heavy atom. The third-order valence-electron chi connectivity index (χ3n) is 2.14. The Morgan fingerprint density at radius 1 is 1.38 bits per heavy atom. The Kier molecular flexibility index (Phi) is 4.51. The first-order valence-corrected chi connectivity index (χ1v) is 6.34. The zero-order chi connectivity index (χ0) is 12.3. The fourth-order valence-corrected chi connectivity index (χ4v) is 2.14. The van der Waals surface area contributed by atoms with E-state index < -0.39 is 0 Å². The smallest absolute Gasteiger partial charge is 0.156 e. The number of hydrogen-bond acceptors (Lipinski definition) is 2. The summed E-state index contributed by atoms with van der Waals surface area (Å²) < 4.78 is 6.47. The van der Waals surface area contributed by atoms with Crippen molar-refractivity contribution in [2.75, 3.05) is 12.3 Å². The first-order chi connectivity index (χ1) is 7.29. The minimum atomic E-state index is 0.258. The minimum Gasteiger partial charge on any atom is -0.490 e. The minimum absolute atomic E-state index is 0.258. The van der Waals surface area contributed by atoms with Gasteiger partial charge in [-0.15, -0.1) is 0 Å². The molecule has 0 amide bonds. The molecular formula is C12H17BrClNO. The molecule has 0 fully saturated rings. The van der Waals surface area contributed by atoms with Crippen molar-refractivity contribution in [3.05, 3.63) is 21.6 Å². The van der Waals surface area contributed by atoms with Gasteiger partial charge < -0.3 is 10.5 Å². The van der Waals surface area contributed by atoms with Gasteiger partial charge in [0.25, 0.3) is 0 Å². The number of nitrogen functional groups attached to an aromatic ring is 1. The van der Waals surface area contributed by atoms with Gasteiger partial charge in [0.15, 0.2) is 5.75 Å². The standard InChI is InChI=1S/C12H17BrClNO/c1-12(2,3)4-5-16-11-9(13)6-8(14)7-10(11)15/h6-7H,4-5,15H2,1-3H3. The van der Waals surface area contributed by atoms with Gasteiger partial charge in [-0.3, -0.25) is 0 Å². The molecule has 1 rings (SSSR count). The van der Waals surface area contributed by atoms with Crippen molar-refractivity contribution in [1.29, 1.82) is 0 Å². The van der Waals surface area contributed by atoms with E-state index in [4.69, 9.17) is 22.1 Å². The van der Waals surface area contributed by atoms with Crippen molar-refractivity contribution < 1.29 is 4.74 Å². The summed E-state index contributed by atoms with van der Waals surface area (Å²) in [6, 6.07) is 3.48. The lowest BCUT2D eigenvalue weighted by Gasteiger charge is -2.19. The number of anilines is 1. The second kappa shape index (κ2) is 5.28. The Labute approximate surface area is 110 Å². The molecule has 2 nitrogen and oxygen atoms in total. The zero-order valence-electron chi connectivity index (χ0n) is 9.81. The molecule has 0 atom stereocenters. The molecule has 0 radical (unpaired) electrons. The molecule has 0 saturated heterocycles. The van der Waals surface area contributed by atoms with Gasteiger partial charge in [-0.05, 0) is 39.9 Å². The number of hydrogen-bond donors (Lipinski definition) is 1. The number of nitrogens with two attached hydrogens (primary N) is 1. The third kappa shape index (κ3) is 4.22. The lowest BCUT2D eigenvalue weighted by Crippen LogP contribution is -2.11. The first-order valence-electron chi connectivity index (χ1n) is 5.17. The maximum Gasteiger partial charge on any atom is 0.156 e. The summed E-state index contributed by atoms with van der Waals surface area (Å²) in [7, 11) is 0. The molecule has 2 N–H and O–H groups in total. The molecule has 0 aromatic heterocycles. The predicted octanol–water partition coefficient (Wildman–Crippen LogP) is 4.50. The van der Waals surface area contributed by atoms with Crippen LogP contribution in [0.4, 0.5) is 5.69 Å². The molecule has 4 heteroatoms. The maximum atomic E-state index is 5.86. The van der Waals surface area contributed by atoms with Crippen LogP contribution in [0.3, 0.4) is 0 Å². The van der Waals surface area contributed by atoms with Crippen molar-refractivity contribution >= 4 is 33.2 Å². The molecule has 0 aliphatic carbocycles. The van der Waals surface area contributed by atoms with E-state index in [1.54, 1.807) is 12.1 Å². The first kappa shape index (κ1) is 13.7. The van der Waals surface area contributed by atoms with Crippen LogP contribution in [-0.2, 0) is 0 Å². The summed E-state index contributed by atoms with van der Waals surface area (Å²) in [6.45, 7) is 7.18. The summed E-state index contributed by atoms with van der Waals surface area (Å²) in [6.07, 6.45) is 0.974. The summed E-state index contributed by atoms with van der Waals surface area (Å²) in [5, 5.41) is 0.604. The van der Waals surface area contributed by atoms with Crippen LogP contribution in [0.2, 0.25) is 5.02 Å². The van der Waals surface area contributed by atoms with Gasteiger partial charge in [0.2, 0.25) is 0 Å². The molecule has 0 unspecified atom stereocenters. The van der Waals surface area contributed by atoms with Crippen LogP contribution in [0, 0.1) is 5.41 Å². The normalized spacial score (nSPS) is 11.6. The van der Waals surface area contributed by atoms with E-state index in [1.165, 1.54) is 0 Å². The molecule has 0 bridgehead atoms. The van der Waals surface area contributed by atoms with Crippen LogP contribution in [-0.4, -0.2) is 6.61 Å². The monoisotopic (exact) mass is 305 g/mol. The van der Waals surface area contributed by atoms with Crippen LogP contribution < -0.4 is 10.5 Å². The van der Waals surface area contributed by atoms with Crippen LogP contribution in [0.1, 0.15) is 27.2 Å². The van der Waals surface area contributed by atoms with Crippen LogP contribution >= 0.6 is 27.5 Å². The Hall–Kier alpha value is -0.410. The summed E-state index contributed by atoms with van der Waals surface area (Å²) in [5.74, 6) is 0.675. The second-order valence-corrected chi connectivity index (χ2v) is 6.26. The van der Waals surface area contributed by atoms with Crippen LogP contribution in [0.25, 0.3) is 0 Å². The van der Waals surface area contributed by atoms with Crippen LogP contribution in [0.5, 0.6) is 5.75 Å². The van der Waals surface area contributed by atoms with Crippen molar-refractivity contribution in [3.8, 4) is 5.75 Å². The van der Waals surface area contributed by atoms with E-state index >= 15 is 0 Å². The van der Waals surface area contributed by atoms with E-state index in [9.17, 15) is 0 Å². The second-order valence-electron chi connectivity index (χ2n) is 4.97. The maximum absolute atomic E-state index is 5.86. The van der Waals surface area contributed by atoms with E-state index in [1.807, 2.05) is 0 Å². The largest absolute Gasteiger partial charge is 0.490 e. The number of halogens is 2. The van der Waals surface area contributed by atoms with E-state index in [0.717, 1.165) is 10.9 Å². The third-order valence-corrected chi connectivity index (χ3v) is 2.94. The van der Waals surface area contributed by atoms with Gasteiger partial charge in [-0.2, -0.15) is 0 Å². The molecule has 0 heterocycles. The Morgan fingerprint density at radius 3 is 2.50 bits per heavy atom. The Balaban J connectivity index is 2.68. The number of benzene rings is 1. The van der Waals surface area contributed by atoms with E-state index in [0.29, 0.717) is 23.1 Å². The van der Waals surface area contributed by atoms with Gasteiger partial charge in [-0.25, -0.2) is 0 Å². The van der Waals surface area contributed by atoms with Crippen molar-refractivity contribution in [3.63, 3.8) is 0 Å². The molecule has 0 aliphatic rings. The summed E-state index contributed by atoms with van der Waals surface area (Å²) in [5.41, 5.74) is 6.65. The topological polar surface area (TPSA) is 35.2 Å². The van der Waals surface area contributed by atoms with Gasteiger partial charge in [0, 0.05) is 5.02 Å². The molecule has 0 aliphatic heterocycles. The average molecular weight is 307 g/mol.